The van der Waals surface area contributed by atoms with E-state index in [1.807, 2.05) is 0 Å². The summed E-state index contributed by atoms with van der Waals surface area (Å²) in [6.07, 6.45) is 2.68. The highest BCUT2D eigenvalue weighted by Gasteiger charge is 2.06. The molecule has 18 heteroatoms. The number of rotatable bonds is 38. The fraction of sp³-hybridized carbons (Fsp3) is 0.931. The second-order valence-corrected chi connectivity index (χ2v) is 10.1. The predicted octanol–water partition coefficient (Wildman–Crippen LogP) is -1.17. The summed E-state index contributed by atoms with van der Waals surface area (Å²) in [6, 6.07) is 0. The van der Waals surface area contributed by atoms with Gasteiger partial charge in [0.15, 0.2) is 0 Å². The van der Waals surface area contributed by atoms with Gasteiger partial charge in [-0.05, 0) is 6.42 Å². The van der Waals surface area contributed by atoms with Gasteiger partial charge in [0.25, 0.3) is 0 Å². The molecule has 0 fully saturated rings. The van der Waals surface area contributed by atoms with Crippen LogP contribution < -0.4 is 5.73 Å². The molecule has 0 bridgehead atoms. The van der Waals surface area contributed by atoms with Crippen LogP contribution in [0.2, 0.25) is 0 Å². The van der Waals surface area contributed by atoms with Gasteiger partial charge in [0.05, 0.1) is 165 Å². The number of hydrogen-bond acceptors (Lipinski definition) is 16. The zero-order valence-electron chi connectivity index (χ0n) is 28.2. The van der Waals surface area contributed by atoms with Crippen LogP contribution in [0.3, 0.4) is 0 Å². The molecule has 1 atom stereocenters. The SMILES string of the molecule is C=CCOCC(CC)OCCOCCOCCOCCOCCOCCOCCOCCOCCOCCOS(=O)(=O)[O-].[NH3+]CCO. The van der Waals surface area contributed by atoms with Gasteiger partial charge >= 0.3 is 0 Å². The molecular weight excluding hydrogens is 650 g/mol. The maximum Gasteiger partial charge on any atom is 0.217 e. The minimum Gasteiger partial charge on any atom is -0.726 e. The molecule has 0 aromatic carbocycles. The average molecular weight is 712 g/mol. The van der Waals surface area contributed by atoms with Crippen LogP contribution in [0.25, 0.3) is 0 Å². The standard InChI is InChI=1S/C27H54O15S.C2H7NO/c1-3-5-40-26-27(4-2)41-24-22-38-20-18-36-16-14-34-12-10-32-8-6-31-7-9-33-11-13-35-15-17-37-19-21-39-23-25-42-43(28,29)30;3-1-2-4/h3,27H,1,4-26H2,2H3,(H,28,29,30);4H,1-3H2. The van der Waals surface area contributed by atoms with Gasteiger partial charge in [-0.25, -0.2) is 8.42 Å². The van der Waals surface area contributed by atoms with Gasteiger partial charge in [0, 0.05) is 0 Å². The lowest BCUT2D eigenvalue weighted by Crippen LogP contribution is -2.51. The lowest BCUT2D eigenvalue weighted by molar-refractivity contribution is -0.372. The van der Waals surface area contributed by atoms with E-state index in [1.165, 1.54) is 0 Å². The first-order chi connectivity index (χ1) is 22.9. The minimum absolute atomic E-state index is 0.00870. The molecule has 0 aliphatic heterocycles. The van der Waals surface area contributed by atoms with Crippen molar-refractivity contribution in [3.63, 3.8) is 0 Å². The van der Waals surface area contributed by atoms with Gasteiger partial charge in [-0.1, -0.05) is 13.0 Å². The van der Waals surface area contributed by atoms with Crippen molar-refractivity contribution >= 4 is 10.4 Å². The smallest absolute Gasteiger partial charge is 0.217 e. The zero-order valence-corrected chi connectivity index (χ0v) is 29.0. The molecule has 0 aliphatic rings. The Hall–Kier alpha value is -0.910. The molecule has 47 heavy (non-hydrogen) atoms. The lowest BCUT2D eigenvalue weighted by Gasteiger charge is -2.15. The van der Waals surface area contributed by atoms with Crippen LogP contribution in [0, 0.1) is 0 Å². The van der Waals surface area contributed by atoms with E-state index >= 15 is 0 Å². The minimum atomic E-state index is -4.67. The Morgan fingerprint density at radius 2 is 0.915 bits per heavy atom. The maximum absolute atomic E-state index is 10.2. The van der Waals surface area contributed by atoms with Crippen LogP contribution in [0.15, 0.2) is 12.7 Å². The zero-order chi connectivity index (χ0) is 34.9. The molecule has 0 aromatic rings. The molecule has 4 N–H and O–H groups in total. The van der Waals surface area contributed by atoms with Crippen molar-refractivity contribution in [2.24, 2.45) is 0 Å². The van der Waals surface area contributed by atoms with Crippen molar-refractivity contribution < 1.29 is 80.1 Å². The summed E-state index contributed by atoms with van der Waals surface area (Å²) in [5.41, 5.74) is 3.35. The summed E-state index contributed by atoms with van der Waals surface area (Å²) in [4.78, 5) is 0. The molecule has 0 saturated heterocycles. The van der Waals surface area contributed by atoms with Crippen LogP contribution in [0.1, 0.15) is 13.3 Å². The molecule has 0 radical (unpaired) electrons. The molecule has 0 aliphatic carbocycles. The Morgan fingerprint density at radius 3 is 1.17 bits per heavy atom. The van der Waals surface area contributed by atoms with Crippen LogP contribution in [-0.2, 0) is 66.7 Å². The third-order valence-corrected chi connectivity index (χ3v) is 5.62. The van der Waals surface area contributed by atoms with Crippen molar-refractivity contribution in [2.75, 3.05) is 159 Å². The van der Waals surface area contributed by atoms with E-state index in [4.69, 9.17) is 57.2 Å². The molecule has 1 unspecified atom stereocenters. The van der Waals surface area contributed by atoms with Gasteiger partial charge in [0.1, 0.15) is 0 Å². The van der Waals surface area contributed by atoms with Gasteiger partial charge in [-0.15, -0.1) is 6.58 Å². The van der Waals surface area contributed by atoms with Crippen LogP contribution in [0.4, 0.5) is 0 Å². The van der Waals surface area contributed by atoms with Gasteiger partial charge in [-0.2, -0.15) is 0 Å². The van der Waals surface area contributed by atoms with E-state index in [2.05, 4.69) is 23.4 Å². The van der Waals surface area contributed by atoms with Gasteiger partial charge in [-0.3, -0.25) is 4.18 Å². The normalized spacial score (nSPS) is 12.2. The van der Waals surface area contributed by atoms with E-state index < -0.39 is 10.4 Å². The molecule has 0 rings (SSSR count). The Bertz CT molecular complexity index is 706. The van der Waals surface area contributed by atoms with E-state index in [0.29, 0.717) is 132 Å². The van der Waals surface area contributed by atoms with E-state index in [1.54, 1.807) is 6.08 Å². The number of ether oxygens (including phenoxy) is 11. The fourth-order valence-corrected chi connectivity index (χ4v) is 3.17. The van der Waals surface area contributed by atoms with E-state index in [-0.39, 0.29) is 32.5 Å². The van der Waals surface area contributed by atoms with Gasteiger partial charge < -0.3 is 67.5 Å². The maximum atomic E-state index is 10.2. The number of hydrogen-bond donors (Lipinski definition) is 2. The van der Waals surface area contributed by atoms with Crippen molar-refractivity contribution in [2.45, 2.75) is 19.4 Å². The van der Waals surface area contributed by atoms with Crippen molar-refractivity contribution in [3.05, 3.63) is 12.7 Å². The monoisotopic (exact) mass is 711 g/mol. The van der Waals surface area contributed by atoms with Gasteiger partial charge in [0.2, 0.25) is 10.4 Å². The summed E-state index contributed by atoms with van der Waals surface area (Å²) >= 11 is 0. The summed E-state index contributed by atoms with van der Waals surface area (Å²) in [5, 5.41) is 7.81. The quantitative estimate of drug-likeness (QED) is 0.0334. The number of aliphatic hydroxyl groups is 1. The van der Waals surface area contributed by atoms with Crippen molar-refractivity contribution in [1.29, 1.82) is 0 Å². The molecule has 0 spiro atoms. The highest BCUT2D eigenvalue weighted by Crippen LogP contribution is 1.99. The lowest BCUT2D eigenvalue weighted by atomic mass is 10.3. The second kappa shape index (κ2) is 41.3. The molecule has 284 valence electrons. The first kappa shape index (κ1) is 48.2. The molecule has 0 heterocycles. The Balaban J connectivity index is 0. The first-order valence-corrected chi connectivity index (χ1v) is 17.2. The van der Waals surface area contributed by atoms with Crippen molar-refractivity contribution in [1.82, 2.24) is 0 Å². The fourth-order valence-electron chi connectivity index (χ4n) is 2.90. The Kier molecular flexibility index (Phi) is 42.3. The van der Waals surface area contributed by atoms with Crippen LogP contribution in [-0.4, -0.2) is 183 Å². The molecule has 17 nitrogen and oxygen atoms in total. The highest BCUT2D eigenvalue weighted by atomic mass is 32.3. The molecule has 0 amide bonds. The van der Waals surface area contributed by atoms with Crippen LogP contribution >= 0.6 is 0 Å². The molecule has 0 saturated carbocycles. The van der Waals surface area contributed by atoms with E-state index in [0.717, 1.165) is 6.42 Å². The highest BCUT2D eigenvalue weighted by molar-refractivity contribution is 7.80. The van der Waals surface area contributed by atoms with E-state index in [9.17, 15) is 13.0 Å². The Morgan fingerprint density at radius 1 is 0.617 bits per heavy atom. The third-order valence-electron chi connectivity index (χ3n) is 5.17. The average Bonchev–Trinajstić information content (AvgIpc) is 3.06. The largest absolute Gasteiger partial charge is 0.726 e. The third kappa shape index (κ3) is 47.3. The molecular formula is C29H61NO16S. The first-order valence-electron chi connectivity index (χ1n) is 15.9. The summed E-state index contributed by atoms with van der Waals surface area (Å²) in [6.45, 7) is 15.4. The summed E-state index contributed by atoms with van der Waals surface area (Å²) < 4.78 is 94.2. The number of quaternary nitrogens is 1. The van der Waals surface area contributed by atoms with Crippen LogP contribution in [0.5, 0.6) is 0 Å². The molecule has 0 aromatic heterocycles. The second-order valence-electron chi connectivity index (χ2n) is 9.05. The summed E-state index contributed by atoms with van der Waals surface area (Å²) in [5.74, 6) is 0. The summed E-state index contributed by atoms with van der Waals surface area (Å²) in [7, 11) is -4.67. The predicted molar refractivity (Wildman–Crippen MR) is 169 cm³/mol. The topological polar surface area (TPSA) is 216 Å². The Labute approximate surface area is 281 Å². The number of aliphatic hydroxyl groups excluding tert-OH is 1. The van der Waals surface area contributed by atoms with Crippen molar-refractivity contribution in [3.8, 4) is 0 Å².